The lowest BCUT2D eigenvalue weighted by Crippen LogP contribution is -2.15. The molecule has 0 fully saturated rings. The fourth-order valence-corrected chi connectivity index (χ4v) is 2.09. The average Bonchev–Trinajstić information content (AvgIpc) is 2.43. The Hall–Kier alpha value is -2.19. The van der Waals surface area contributed by atoms with E-state index in [2.05, 4.69) is 21.2 Å². The summed E-state index contributed by atoms with van der Waals surface area (Å²) in [5, 5.41) is 11.3. The van der Waals surface area contributed by atoms with Gasteiger partial charge in [-0.25, -0.2) is 4.39 Å². The van der Waals surface area contributed by atoms with Gasteiger partial charge in [-0.3, -0.25) is 4.79 Å². The van der Waals surface area contributed by atoms with E-state index in [-0.39, 0.29) is 12.3 Å². The summed E-state index contributed by atoms with van der Waals surface area (Å²) in [6.45, 7) is 0. The molecular formula is C15H10BrFN2O. The second-order valence-corrected chi connectivity index (χ2v) is 5.07. The van der Waals surface area contributed by atoms with Gasteiger partial charge in [0.25, 0.3) is 0 Å². The van der Waals surface area contributed by atoms with E-state index in [4.69, 9.17) is 5.26 Å². The Balaban J connectivity index is 2.05. The average molecular weight is 333 g/mol. The predicted molar refractivity (Wildman–Crippen MR) is 77.6 cm³/mol. The number of hydrogen-bond acceptors (Lipinski definition) is 2. The molecule has 5 heteroatoms. The van der Waals surface area contributed by atoms with Crippen molar-refractivity contribution < 1.29 is 9.18 Å². The van der Waals surface area contributed by atoms with Crippen LogP contribution in [0.5, 0.6) is 0 Å². The van der Waals surface area contributed by atoms with Crippen LogP contribution in [0.2, 0.25) is 0 Å². The van der Waals surface area contributed by atoms with Gasteiger partial charge in [-0.1, -0.05) is 15.9 Å². The zero-order valence-corrected chi connectivity index (χ0v) is 11.9. The third-order valence-electron chi connectivity index (χ3n) is 2.66. The number of carbonyl (C=O) groups excluding carboxylic acids is 1. The zero-order chi connectivity index (χ0) is 14.5. The maximum absolute atomic E-state index is 13.5. The number of amides is 1. The largest absolute Gasteiger partial charge is 0.326 e. The van der Waals surface area contributed by atoms with Crippen molar-refractivity contribution in [2.24, 2.45) is 0 Å². The molecule has 0 spiro atoms. The summed E-state index contributed by atoms with van der Waals surface area (Å²) in [5.74, 6) is -0.727. The number of hydrogen-bond donors (Lipinski definition) is 1. The monoisotopic (exact) mass is 332 g/mol. The minimum atomic E-state index is -0.414. The maximum Gasteiger partial charge on any atom is 0.228 e. The molecule has 0 heterocycles. The smallest absolute Gasteiger partial charge is 0.228 e. The summed E-state index contributed by atoms with van der Waals surface area (Å²) in [7, 11) is 0. The lowest BCUT2D eigenvalue weighted by atomic mass is 10.1. The van der Waals surface area contributed by atoms with Crippen LogP contribution in [0, 0.1) is 17.1 Å². The molecule has 0 aromatic heterocycles. The molecule has 2 aromatic rings. The number of benzene rings is 2. The number of nitrogens with zero attached hydrogens (tertiary/aromatic N) is 1. The van der Waals surface area contributed by atoms with Crippen molar-refractivity contribution in [1.82, 2.24) is 0 Å². The molecule has 0 aliphatic rings. The Labute approximate surface area is 124 Å². The lowest BCUT2D eigenvalue weighted by Gasteiger charge is -2.06. The lowest BCUT2D eigenvalue weighted by molar-refractivity contribution is -0.115. The van der Waals surface area contributed by atoms with Gasteiger partial charge in [-0.05, 0) is 48.0 Å². The van der Waals surface area contributed by atoms with Crippen LogP contribution in [0.3, 0.4) is 0 Å². The topological polar surface area (TPSA) is 52.9 Å². The van der Waals surface area contributed by atoms with Crippen molar-refractivity contribution in [2.45, 2.75) is 6.42 Å². The SMILES string of the molecule is N#Cc1ccc(NC(=O)Cc2cc(Br)ccc2F)cc1. The Morgan fingerprint density at radius 3 is 2.60 bits per heavy atom. The Morgan fingerprint density at radius 2 is 1.95 bits per heavy atom. The summed E-state index contributed by atoms with van der Waals surface area (Å²) in [6, 6.07) is 12.9. The number of nitrogens with one attached hydrogen (secondary N) is 1. The minimum Gasteiger partial charge on any atom is -0.326 e. The van der Waals surface area contributed by atoms with Crippen molar-refractivity contribution in [2.75, 3.05) is 5.32 Å². The van der Waals surface area contributed by atoms with Crippen molar-refractivity contribution in [3.63, 3.8) is 0 Å². The van der Waals surface area contributed by atoms with Gasteiger partial charge in [0.15, 0.2) is 0 Å². The summed E-state index contributed by atoms with van der Waals surface area (Å²) < 4.78 is 14.3. The third kappa shape index (κ3) is 3.65. The molecule has 0 radical (unpaired) electrons. The molecule has 0 saturated carbocycles. The molecule has 0 atom stereocenters. The molecule has 0 aliphatic carbocycles. The molecule has 100 valence electrons. The van der Waals surface area contributed by atoms with Crippen LogP contribution in [-0.2, 0) is 11.2 Å². The van der Waals surface area contributed by atoms with E-state index in [1.807, 2.05) is 6.07 Å². The van der Waals surface area contributed by atoms with Crippen LogP contribution in [0.1, 0.15) is 11.1 Å². The second kappa shape index (κ2) is 6.31. The van der Waals surface area contributed by atoms with Crippen molar-refractivity contribution in [1.29, 1.82) is 5.26 Å². The van der Waals surface area contributed by atoms with Crippen molar-refractivity contribution >= 4 is 27.5 Å². The van der Waals surface area contributed by atoms with E-state index in [9.17, 15) is 9.18 Å². The summed E-state index contributed by atoms with van der Waals surface area (Å²) in [5.41, 5.74) is 1.41. The highest BCUT2D eigenvalue weighted by Gasteiger charge is 2.09. The highest BCUT2D eigenvalue weighted by Crippen LogP contribution is 2.17. The number of anilines is 1. The first-order chi connectivity index (χ1) is 9.58. The Bertz CT molecular complexity index is 677. The standard InChI is InChI=1S/C15H10BrFN2O/c16-12-3-6-14(17)11(7-12)8-15(20)19-13-4-1-10(9-18)2-5-13/h1-7H,8H2,(H,19,20). The van der Waals surface area contributed by atoms with Gasteiger partial charge in [-0.15, -0.1) is 0 Å². The fraction of sp³-hybridized carbons (Fsp3) is 0.0667. The van der Waals surface area contributed by atoms with Gasteiger partial charge in [0.2, 0.25) is 5.91 Å². The molecule has 3 nitrogen and oxygen atoms in total. The van der Waals surface area contributed by atoms with Crippen LogP contribution in [0.15, 0.2) is 46.9 Å². The van der Waals surface area contributed by atoms with E-state index in [1.54, 1.807) is 36.4 Å². The van der Waals surface area contributed by atoms with Crippen LogP contribution in [0.25, 0.3) is 0 Å². The van der Waals surface area contributed by atoms with E-state index in [1.165, 1.54) is 6.07 Å². The molecule has 2 aromatic carbocycles. The first-order valence-corrected chi connectivity index (χ1v) is 6.62. The Kier molecular flexibility index (Phi) is 4.49. The minimum absolute atomic E-state index is 0.0503. The van der Waals surface area contributed by atoms with Crippen LogP contribution < -0.4 is 5.32 Å². The third-order valence-corrected chi connectivity index (χ3v) is 3.15. The first kappa shape index (κ1) is 14.2. The summed E-state index contributed by atoms with van der Waals surface area (Å²) in [6.07, 6.45) is -0.0503. The molecule has 2 rings (SSSR count). The van der Waals surface area contributed by atoms with Crippen molar-refractivity contribution in [3.8, 4) is 6.07 Å². The van der Waals surface area contributed by atoms with E-state index >= 15 is 0 Å². The van der Waals surface area contributed by atoms with Crippen LogP contribution >= 0.6 is 15.9 Å². The number of carbonyl (C=O) groups is 1. The van der Waals surface area contributed by atoms with Crippen molar-refractivity contribution in [3.05, 3.63) is 63.9 Å². The molecule has 0 aliphatic heterocycles. The van der Waals surface area contributed by atoms with E-state index in [0.717, 1.165) is 4.47 Å². The molecule has 0 bridgehead atoms. The summed E-state index contributed by atoms with van der Waals surface area (Å²) >= 11 is 3.24. The zero-order valence-electron chi connectivity index (χ0n) is 10.4. The van der Waals surface area contributed by atoms with Gasteiger partial charge in [0, 0.05) is 10.2 Å². The quantitative estimate of drug-likeness (QED) is 0.932. The predicted octanol–water partition coefficient (Wildman–Crippen LogP) is 3.64. The van der Waals surface area contributed by atoms with Crippen LogP contribution in [-0.4, -0.2) is 5.91 Å². The highest BCUT2D eigenvalue weighted by molar-refractivity contribution is 9.10. The number of rotatable bonds is 3. The van der Waals surface area contributed by atoms with Crippen LogP contribution in [0.4, 0.5) is 10.1 Å². The molecule has 20 heavy (non-hydrogen) atoms. The van der Waals surface area contributed by atoms with Gasteiger partial charge < -0.3 is 5.32 Å². The maximum atomic E-state index is 13.5. The molecule has 0 unspecified atom stereocenters. The van der Waals surface area contributed by atoms with E-state index in [0.29, 0.717) is 16.8 Å². The molecule has 1 N–H and O–H groups in total. The number of halogens is 2. The first-order valence-electron chi connectivity index (χ1n) is 5.82. The number of nitriles is 1. The normalized spacial score (nSPS) is 9.85. The summed E-state index contributed by atoms with van der Waals surface area (Å²) in [4.78, 5) is 11.8. The van der Waals surface area contributed by atoms with Gasteiger partial charge >= 0.3 is 0 Å². The molecule has 1 amide bonds. The van der Waals surface area contributed by atoms with Gasteiger partial charge in [0.1, 0.15) is 5.82 Å². The fourth-order valence-electron chi connectivity index (χ4n) is 1.69. The second-order valence-electron chi connectivity index (χ2n) is 4.15. The van der Waals surface area contributed by atoms with Gasteiger partial charge in [0.05, 0.1) is 18.1 Å². The van der Waals surface area contributed by atoms with Gasteiger partial charge in [-0.2, -0.15) is 5.26 Å². The molecular weight excluding hydrogens is 323 g/mol. The van der Waals surface area contributed by atoms with E-state index < -0.39 is 5.82 Å². The highest BCUT2D eigenvalue weighted by atomic mass is 79.9. The molecule has 0 saturated heterocycles. The Morgan fingerprint density at radius 1 is 1.25 bits per heavy atom.